The minimum absolute atomic E-state index is 0.00790. The van der Waals surface area contributed by atoms with Gasteiger partial charge in [-0.3, -0.25) is 9.59 Å². The first kappa shape index (κ1) is 12.2. The highest BCUT2D eigenvalue weighted by Crippen LogP contribution is 2.25. The molecule has 0 radical (unpaired) electrons. The fraction of sp³-hybridized carbons (Fsp3) is 0.800. The molecule has 0 aromatic rings. The SMILES string of the molecule is O=C1CCN1C1CCN(C(=O)C(F)(F)F)CC1. The number of halogens is 3. The zero-order chi connectivity index (χ0) is 12.6. The van der Waals surface area contributed by atoms with E-state index in [9.17, 15) is 22.8 Å². The van der Waals surface area contributed by atoms with Gasteiger partial charge in [0.2, 0.25) is 5.91 Å². The quantitative estimate of drug-likeness (QED) is 0.645. The third-order valence-electron chi connectivity index (χ3n) is 3.32. The summed E-state index contributed by atoms with van der Waals surface area (Å²) in [6.07, 6.45) is -3.39. The van der Waals surface area contributed by atoms with Crippen LogP contribution in [0.15, 0.2) is 0 Å². The molecule has 0 aromatic carbocycles. The third kappa shape index (κ3) is 2.37. The second-order valence-electron chi connectivity index (χ2n) is 4.36. The van der Waals surface area contributed by atoms with Gasteiger partial charge in [-0.15, -0.1) is 0 Å². The average Bonchev–Trinajstić information content (AvgIpc) is 2.26. The maximum Gasteiger partial charge on any atom is 0.471 e. The van der Waals surface area contributed by atoms with Crippen LogP contribution in [0.5, 0.6) is 0 Å². The van der Waals surface area contributed by atoms with Crippen molar-refractivity contribution in [2.24, 2.45) is 0 Å². The molecule has 2 aliphatic rings. The van der Waals surface area contributed by atoms with Gasteiger partial charge in [-0.25, -0.2) is 0 Å². The van der Waals surface area contributed by atoms with Gasteiger partial charge < -0.3 is 9.80 Å². The van der Waals surface area contributed by atoms with Crippen LogP contribution in [0.3, 0.4) is 0 Å². The maximum absolute atomic E-state index is 12.2. The molecule has 2 rings (SSSR count). The van der Waals surface area contributed by atoms with Gasteiger partial charge in [0, 0.05) is 32.1 Å². The van der Waals surface area contributed by atoms with E-state index in [1.807, 2.05) is 0 Å². The molecule has 2 saturated heterocycles. The van der Waals surface area contributed by atoms with E-state index in [4.69, 9.17) is 0 Å². The fourth-order valence-corrected chi connectivity index (χ4v) is 2.28. The molecular weight excluding hydrogens is 237 g/mol. The summed E-state index contributed by atoms with van der Waals surface area (Å²) in [7, 11) is 0. The highest BCUT2D eigenvalue weighted by Gasteiger charge is 2.44. The van der Waals surface area contributed by atoms with Crippen molar-refractivity contribution >= 4 is 11.8 Å². The number of rotatable bonds is 1. The monoisotopic (exact) mass is 250 g/mol. The summed E-state index contributed by atoms with van der Waals surface area (Å²) in [6, 6.07) is 0.00790. The molecule has 0 saturated carbocycles. The Morgan fingerprint density at radius 2 is 1.76 bits per heavy atom. The van der Waals surface area contributed by atoms with Crippen LogP contribution in [0, 0.1) is 0 Å². The molecule has 2 aliphatic heterocycles. The minimum Gasteiger partial charge on any atom is -0.339 e. The standard InChI is InChI=1S/C10H13F3N2O2/c11-10(12,13)9(17)14-4-1-7(2-5-14)15-6-3-8(15)16/h7H,1-6H2. The second kappa shape index (κ2) is 4.19. The molecule has 2 amide bonds. The van der Waals surface area contributed by atoms with Gasteiger partial charge in [-0.2, -0.15) is 13.2 Å². The highest BCUT2D eigenvalue weighted by molar-refractivity contribution is 5.83. The number of carbonyl (C=O) groups is 2. The molecule has 17 heavy (non-hydrogen) atoms. The van der Waals surface area contributed by atoms with Gasteiger partial charge in [0.05, 0.1) is 0 Å². The van der Waals surface area contributed by atoms with Crippen molar-refractivity contribution in [1.82, 2.24) is 9.80 Å². The number of carbonyl (C=O) groups excluding carboxylic acids is 2. The molecule has 96 valence electrons. The van der Waals surface area contributed by atoms with Crippen LogP contribution in [0.25, 0.3) is 0 Å². The lowest BCUT2D eigenvalue weighted by molar-refractivity contribution is -0.187. The summed E-state index contributed by atoms with van der Waals surface area (Å²) < 4.78 is 36.5. The van der Waals surface area contributed by atoms with E-state index in [-0.39, 0.29) is 25.0 Å². The average molecular weight is 250 g/mol. The lowest BCUT2D eigenvalue weighted by Crippen LogP contribution is -2.55. The number of amides is 2. The zero-order valence-corrected chi connectivity index (χ0v) is 9.16. The van der Waals surface area contributed by atoms with Crippen molar-refractivity contribution < 1.29 is 22.8 Å². The van der Waals surface area contributed by atoms with Gasteiger partial charge in [-0.1, -0.05) is 0 Å². The van der Waals surface area contributed by atoms with Crippen molar-refractivity contribution in [2.75, 3.05) is 19.6 Å². The Bertz CT molecular complexity index is 335. The first-order valence-electron chi connectivity index (χ1n) is 5.55. The Morgan fingerprint density at radius 1 is 1.18 bits per heavy atom. The first-order chi connectivity index (χ1) is 7.89. The molecule has 0 unspecified atom stereocenters. The molecule has 0 spiro atoms. The molecule has 0 aromatic heterocycles. The summed E-state index contributed by atoms with van der Waals surface area (Å²) in [5, 5.41) is 0. The van der Waals surface area contributed by atoms with E-state index >= 15 is 0 Å². The summed E-state index contributed by atoms with van der Waals surface area (Å²) in [5.41, 5.74) is 0. The predicted molar refractivity (Wildman–Crippen MR) is 52.0 cm³/mol. The Labute approximate surface area is 96.4 Å². The van der Waals surface area contributed by atoms with E-state index in [2.05, 4.69) is 0 Å². The van der Waals surface area contributed by atoms with Crippen molar-refractivity contribution in [3.8, 4) is 0 Å². The van der Waals surface area contributed by atoms with Gasteiger partial charge >= 0.3 is 12.1 Å². The normalized spacial score (nSPS) is 22.6. The number of β-lactam (4-membered cyclic amide) rings is 1. The van der Waals surface area contributed by atoms with Gasteiger partial charge in [0.1, 0.15) is 0 Å². The lowest BCUT2D eigenvalue weighted by Gasteiger charge is -2.42. The lowest BCUT2D eigenvalue weighted by atomic mass is 9.99. The molecule has 0 bridgehead atoms. The molecule has 0 N–H and O–H groups in total. The Hall–Kier alpha value is -1.27. The summed E-state index contributed by atoms with van der Waals surface area (Å²) in [5.74, 6) is -1.71. The van der Waals surface area contributed by atoms with Crippen molar-refractivity contribution in [3.05, 3.63) is 0 Å². The zero-order valence-electron chi connectivity index (χ0n) is 9.16. The largest absolute Gasteiger partial charge is 0.471 e. The molecule has 4 nitrogen and oxygen atoms in total. The first-order valence-corrected chi connectivity index (χ1v) is 5.55. The molecule has 0 atom stereocenters. The predicted octanol–water partition coefficient (Wildman–Crippen LogP) is 0.772. The number of hydrogen-bond acceptors (Lipinski definition) is 2. The molecule has 0 aliphatic carbocycles. The summed E-state index contributed by atoms with van der Waals surface area (Å²) >= 11 is 0. The van der Waals surface area contributed by atoms with Crippen LogP contribution in [-0.4, -0.2) is 53.5 Å². The molecule has 7 heteroatoms. The topological polar surface area (TPSA) is 40.6 Å². The Kier molecular flexibility index (Phi) is 3.01. The third-order valence-corrected chi connectivity index (χ3v) is 3.32. The summed E-state index contributed by atoms with van der Waals surface area (Å²) in [4.78, 5) is 24.6. The Morgan fingerprint density at radius 3 is 2.12 bits per heavy atom. The highest BCUT2D eigenvalue weighted by atomic mass is 19.4. The van der Waals surface area contributed by atoms with Crippen LogP contribution in [0.1, 0.15) is 19.3 Å². The number of piperidine rings is 1. The molecule has 2 heterocycles. The second-order valence-corrected chi connectivity index (χ2v) is 4.36. The van der Waals surface area contributed by atoms with Gasteiger partial charge in [0.15, 0.2) is 0 Å². The Balaban J connectivity index is 1.86. The molecule has 2 fully saturated rings. The van der Waals surface area contributed by atoms with Crippen LogP contribution >= 0.6 is 0 Å². The summed E-state index contributed by atoms with van der Waals surface area (Å²) in [6.45, 7) is 0.844. The van der Waals surface area contributed by atoms with Crippen LogP contribution in [0.2, 0.25) is 0 Å². The van der Waals surface area contributed by atoms with Crippen molar-refractivity contribution in [2.45, 2.75) is 31.5 Å². The van der Waals surface area contributed by atoms with E-state index in [1.54, 1.807) is 4.90 Å². The number of alkyl halides is 3. The minimum atomic E-state index is -4.79. The number of likely N-dealkylation sites (tertiary alicyclic amines) is 2. The maximum atomic E-state index is 12.2. The fourth-order valence-electron chi connectivity index (χ4n) is 2.28. The van der Waals surface area contributed by atoms with Gasteiger partial charge in [-0.05, 0) is 12.8 Å². The van der Waals surface area contributed by atoms with E-state index in [0.717, 1.165) is 4.90 Å². The van der Waals surface area contributed by atoms with Crippen LogP contribution in [0.4, 0.5) is 13.2 Å². The van der Waals surface area contributed by atoms with Crippen LogP contribution in [-0.2, 0) is 9.59 Å². The van der Waals surface area contributed by atoms with Gasteiger partial charge in [0.25, 0.3) is 0 Å². The van der Waals surface area contributed by atoms with E-state index < -0.39 is 12.1 Å². The van der Waals surface area contributed by atoms with Crippen LogP contribution < -0.4 is 0 Å². The van der Waals surface area contributed by atoms with Crippen molar-refractivity contribution in [3.63, 3.8) is 0 Å². The van der Waals surface area contributed by atoms with E-state index in [0.29, 0.717) is 25.8 Å². The van der Waals surface area contributed by atoms with E-state index in [1.165, 1.54) is 0 Å². The number of hydrogen-bond donors (Lipinski definition) is 0. The number of nitrogens with zero attached hydrogens (tertiary/aromatic N) is 2. The molecular formula is C10H13F3N2O2. The van der Waals surface area contributed by atoms with Crippen molar-refractivity contribution in [1.29, 1.82) is 0 Å². The smallest absolute Gasteiger partial charge is 0.339 e.